The molecule has 0 bridgehead atoms. The van der Waals surface area contributed by atoms with Gasteiger partial charge in [0.2, 0.25) is 0 Å². The highest BCUT2D eigenvalue weighted by molar-refractivity contribution is 5.49. The number of benzene rings is 1. The first-order valence-electron chi connectivity index (χ1n) is 8.22. The fourth-order valence-electron chi connectivity index (χ4n) is 3.45. The van der Waals surface area contributed by atoms with Crippen molar-refractivity contribution in [3.05, 3.63) is 89.8 Å². The Hall–Kier alpha value is -2.72. The standard InChI is InChI=1S/C20H20N4/c1-2-15-5-3-7-17(11-15)20-19-18(22-14-23-19)8-10-24(20)13-16-6-4-9-21-12-16/h2-7,9,11-12,14,20H,1,8,10,13H2,(H,22,23)/t20-/m0/s1. The normalized spacial score (nSPS) is 17.4. The maximum Gasteiger partial charge on any atom is 0.0926 e. The molecular weight excluding hydrogens is 296 g/mol. The monoisotopic (exact) mass is 316 g/mol. The van der Waals surface area contributed by atoms with Crippen molar-refractivity contribution in [3.63, 3.8) is 0 Å². The topological polar surface area (TPSA) is 44.8 Å². The van der Waals surface area contributed by atoms with E-state index in [1.807, 2.05) is 30.9 Å². The van der Waals surface area contributed by atoms with Crippen LogP contribution in [-0.2, 0) is 13.0 Å². The first-order valence-corrected chi connectivity index (χ1v) is 8.22. The van der Waals surface area contributed by atoms with Crippen LogP contribution < -0.4 is 0 Å². The summed E-state index contributed by atoms with van der Waals surface area (Å²) >= 11 is 0. The summed E-state index contributed by atoms with van der Waals surface area (Å²) in [5.41, 5.74) is 5.99. The lowest BCUT2D eigenvalue weighted by Crippen LogP contribution is -2.35. The van der Waals surface area contributed by atoms with Crippen molar-refractivity contribution in [2.24, 2.45) is 0 Å². The molecule has 4 nitrogen and oxygen atoms in total. The minimum atomic E-state index is 0.153. The van der Waals surface area contributed by atoms with Gasteiger partial charge in [-0.15, -0.1) is 0 Å². The Morgan fingerprint density at radius 3 is 3.08 bits per heavy atom. The van der Waals surface area contributed by atoms with E-state index in [0.717, 1.165) is 30.8 Å². The number of pyridine rings is 1. The van der Waals surface area contributed by atoms with E-state index in [1.54, 1.807) is 0 Å². The van der Waals surface area contributed by atoms with Gasteiger partial charge in [-0.1, -0.05) is 36.9 Å². The molecule has 0 aliphatic carbocycles. The highest BCUT2D eigenvalue weighted by Crippen LogP contribution is 2.34. The molecule has 0 fully saturated rings. The summed E-state index contributed by atoms with van der Waals surface area (Å²) in [6.45, 7) is 5.75. The molecule has 0 saturated carbocycles. The van der Waals surface area contributed by atoms with Crippen LogP contribution in [0.15, 0.2) is 61.7 Å². The Balaban J connectivity index is 1.74. The molecule has 120 valence electrons. The minimum Gasteiger partial charge on any atom is -0.348 e. The summed E-state index contributed by atoms with van der Waals surface area (Å²) in [5, 5.41) is 0. The maximum absolute atomic E-state index is 4.62. The van der Waals surface area contributed by atoms with Crippen molar-refractivity contribution in [3.8, 4) is 0 Å². The Morgan fingerprint density at radius 1 is 1.29 bits per heavy atom. The second kappa shape index (κ2) is 6.42. The Labute approximate surface area is 141 Å². The predicted molar refractivity (Wildman–Crippen MR) is 95.3 cm³/mol. The highest BCUT2D eigenvalue weighted by atomic mass is 15.2. The van der Waals surface area contributed by atoms with E-state index in [2.05, 4.69) is 56.8 Å². The van der Waals surface area contributed by atoms with E-state index >= 15 is 0 Å². The van der Waals surface area contributed by atoms with Crippen molar-refractivity contribution in [1.82, 2.24) is 19.9 Å². The summed E-state index contributed by atoms with van der Waals surface area (Å²) in [6, 6.07) is 12.8. The van der Waals surface area contributed by atoms with Crippen LogP contribution in [0.4, 0.5) is 0 Å². The number of hydrogen-bond donors (Lipinski definition) is 1. The molecule has 0 radical (unpaired) electrons. The highest BCUT2D eigenvalue weighted by Gasteiger charge is 2.31. The van der Waals surface area contributed by atoms with Crippen LogP contribution in [-0.4, -0.2) is 26.4 Å². The van der Waals surface area contributed by atoms with Crippen molar-refractivity contribution < 1.29 is 0 Å². The van der Waals surface area contributed by atoms with E-state index in [9.17, 15) is 0 Å². The van der Waals surface area contributed by atoms with Gasteiger partial charge >= 0.3 is 0 Å². The average molecular weight is 316 g/mol. The van der Waals surface area contributed by atoms with E-state index in [0.29, 0.717) is 0 Å². The Morgan fingerprint density at radius 2 is 2.25 bits per heavy atom. The fourth-order valence-corrected chi connectivity index (χ4v) is 3.45. The zero-order valence-corrected chi connectivity index (χ0v) is 13.5. The number of hydrogen-bond acceptors (Lipinski definition) is 3. The molecule has 3 heterocycles. The number of fused-ring (bicyclic) bond motifs is 1. The van der Waals surface area contributed by atoms with Crippen LogP contribution in [0.5, 0.6) is 0 Å². The second-order valence-electron chi connectivity index (χ2n) is 6.12. The maximum atomic E-state index is 4.62. The van der Waals surface area contributed by atoms with Gasteiger partial charge < -0.3 is 4.98 Å². The van der Waals surface area contributed by atoms with Crippen LogP contribution in [0.2, 0.25) is 0 Å². The lowest BCUT2D eigenvalue weighted by molar-refractivity contribution is 0.200. The molecule has 4 heteroatoms. The van der Waals surface area contributed by atoms with Crippen molar-refractivity contribution >= 4 is 6.08 Å². The van der Waals surface area contributed by atoms with Gasteiger partial charge in [0.15, 0.2) is 0 Å². The van der Waals surface area contributed by atoms with Gasteiger partial charge in [-0.25, -0.2) is 4.98 Å². The SMILES string of the molecule is C=Cc1cccc([C@H]2c3nc[nH]c3CCN2Cc2cccnc2)c1. The number of nitrogens with zero attached hydrogens (tertiary/aromatic N) is 3. The molecule has 0 unspecified atom stereocenters. The number of aromatic nitrogens is 3. The molecule has 24 heavy (non-hydrogen) atoms. The third-order valence-electron chi connectivity index (χ3n) is 4.60. The third-order valence-corrected chi connectivity index (χ3v) is 4.60. The first kappa shape index (κ1) is 14.8. The number of rotatable bonds is 4. The summed E-state index contributed by atoms with van der Waals surface area (Å²) < 4.78 is 0. The largest absolute Gasteiger partial charge is 0.348 e. The van der Waals surface area contributed by atoms with Gasteiger partial charge in [0.05, 0.1) is 18.1 Å². The van der Waals surface area contributed by atoms with Crippen molar-refractivity contribution in [2.75, 3.05) is 6.54 Å². The predicted octanol–water partition coefficient (Wildman–Crippen LogP) is 3.60. The van der Waals surface area contributed by atoms with Crippen LogP contribution >= 0.6 is 0 Å². The average Bonchev–Trinajstić information content (AvgIpc) is 3.11. The molecule has 0 spiro atoms. The van der Waals surface area contributed by atoms with Crippen molar-refractivity contribution in [1.29, 1.82) is 0 Å². The van der Waals surface area contributed by atoms with E-state index in [1.165, 1.54) is 16.8 Å². The fraction of sp³-hybridized carbons (Fsp3) is 0.200. The number of imidazole rings is 1. The van der Waals surface area contributed by atoms with E-state index < -0.39 is 0 Å². The number of aromatic amines is 1. The summed E-state index contributed by atoms with van der Waals surface area (Å²) in [4.78, 5) is 14.6. The van der Waals surface area contributed by atoms with Gasteiger partial charge in [0, 0.05) is 37.6 Å². The smallest absolute Gasteiger partial charge is 0.0926 e. The lowest BCUT2D eigenvalue weighted by Gasteiger charge is -2.35. The van der Waals surface area contributed by atoms with Gasteiger partial charge in [0.25, 0.3) is 0 Å². The number of H-pyrrole nitrogens is 1. The molecule has 1 aromatic carbocycles. The Kier molecular flexibility index (Phi) is 3.97. The molecule has 1 N–H and O–H groups in total. The van der Waals surface area contributed by atoms with Crippen LogP contribution in [0, 0.1) is 0 Å². The quantitative estimate of drug-likeness (QED) is 0.800. The Bertz CT molecular complexity index is 838. The van der Waals surface area contributed by atoms with E-state index in [4.69, 9.17) is 0 Å². The molecule has 2 aromatic heterocycles. The minimum absolute atomic E-state index is 0.153. The van der Waals surface area contributed by atoms with Gasteiger partial charge in [0.1, 0.15) is 0 Å². The first-order chi connectivity index (χ1) is 11.8. The zero-order valence-electron chi connectivity index (χ0n) is 13.5. The molecule has 3 aromatic rings. The number of nitrogens with one attached hydrogen (secondary N) is 1. The van der Waals surface area contributed by atoms with Gasteiger partial charge in [-0.3, -0.25) is 9.88 Å². The molecule has 4 rings (SSSR count). The van der Waals surface area contributed by atoms with Crippen molar-refractivity contribution in [2.45, 2.75) is 19.0 Å². The van der Waals surface area contributed by atoms with Crippen LogP contribution in [0.1, 0.15) is 34.1 Å². The molecule has 1 atom stereocenters. The summed E-state index contributed by atoms with van der Waals surface area (Å²) in [6.07, 6.45) is 8.45. The summed E-state index contributed by atoms with van der Waals surface area (Å²) in [7, 11) is 0. The van der Waals surface area contributed by atoms with Crippen LogP contribution in [0.25, 0.3) is 6.08 Å². The molecule has 0 amide bonds. The summed E-state index contributed by atoms with van der Waals surface area (Å²) in [5.74, 6) is 0. The zero-order chi connectivity index (χ0) is 16.4. The molecule has 0 saturated heterocycles. The van der Waals surface area contributed by atoms with Gasteiger partial charge in [-0.05, 0) is 28.8 Å². The lowest BCUT2D eigenvalue weighted by atomic mass is 9.94. The van der Waals surface area contributed by atoms with Crippen LogP contribution in [0.3, 0.4) is 0 Å². The molecule has 1 aliphatic heterocycles. The molecule has 1 aliphatic rings. The second-order valence-corrected chi connectivity index (χ2v) is 6.12. The van der Waals surface area contributed by atoms with E-state index in [-0.39, 0.29) is 6.04 Å². The third kappa shape index (κ3) is 2.76. The van der Waals surface area contributed by atoms with Gasteiger partial charge in [-0.2, -0.15) is 0 Å². The molecular formula is C20H20N4.